The third kappa shape index (κ3) is 8.08. The van der Waals surface area contributed by atoms with Crippen molar-refractivity contribution in [3.63, 3.8) is 0 Å². The van der Waals surface area contributed by atoms with Crippen LogP contribution in [0.4, 0.5) is 5.69 Å². The molecule has 0 fully saturated rings. The van der Waals surface area contributed by atoms with E-state index >= 15 is 0 Å². The molecule has 1 aliphatic carbocycles. The molecule has 43 heavy (non-hydrogen) atoms. The number of esters is 2. The summed E-state index contributed by atoms with van der Waals surface area (Å²) < 4.78 is 70.4. The van der Waals surface area contributed by atoms with Crippen molar-refractivity contribution in [1.82, 2.24) is 0 Å². The lowest BCUT2D eigenvalue weighted by Gasteiger charge is -2.24. The Morgan fingerprint density at radius 3 is 1.77 bits per heavy atom. The van der Waals surface area contributed by atoms with Crippen LogP contribution in [0.2, 0.25) is 0 Å². The molecule has 0 atom stereocenters. The van der Waals surface area contributed by atoms with Gasteiger partial charge in [0.2, 0.25) is 20.0 Å². The Kier molecular flexibility index (Phi) is 12.0. The number of carbonyl (C=O) groups excluding carboxylic acids is 2. The van der Waals surface area contributed by atoms with Crippen LogP contribution in [0.3, 0.4) is 0 Å². The molecule has 0 aromatic heterocycles. The number of benzene rings is 2. The lowest BCUT2D eigenvalue weighted by atomic mass is 9.84. The molecule has 0 N–H and O–H groups in total. The zero-order valence-corrected chi connectivity index (χ0v) is 27.1. The fourth-order valence-electron chi connectivity index (χ4n) is 5.16. The number of fused-ring (bicyclic) bond motifs is 1. The highest BCUT2D eigenvalue weighted by molar-refractivity contribution is 8.10. The van der Waals surface area contributed by atoms with Crippen LogP contribution in [-0.2, 0) is 52.0 Å². The summed E-state index contributed by atoms with van der Waals surface area (Å²) in [5.74, 6) is -1.11. The maximum atomic E-state index is 13.3. The summed E-state index contributed by atoms with van der Waals surface area (Å²) in [7, 11) is -8.29. The van der Waals surface area contributed by atoms with E-state index in [2.05, 4.69) is 0 Å². The van der Waals surface area contributed by atoms with Gasteiger partial charge in [-0.05, 0) is 74.6 Å². The van der Waals surface area contributed by atoms with Gasteiger partial charge in [-0.1, -0.05) is 51.7 Å². The Morgan fingerprint density at radius 2 is 1.28 bits per heavy atom. The van der Waals surface area contributed by atoms with Crippen molar-refractivity contribution in [3.8, 4) is 11.5 Å². The molecule has 2 aromatic carbocycles. The van der Waals surface area contributed by atoms with E-state index in [0.29, 0.717) is 46.5 Å². The van der Waals surface area contributed by atoms with E-state index in [-0.39, 0.29) is 43.2 Å². The summed E-state index contributed by atoms with van der Waals surface area (Å²) >= 11 is 0. The van der Waals surface area contributed by atoms with Crippen LogP contribution in [-0.4, -0.2) is 53.5 Å². The number of anilines is 1. The summed E-state index contributed by atoms with van der Waals surface area (Å²) in [5, 5.41) is 0. The molecule has 0 saturated carbocycles. The molecule has 12 heteroatoms. The smallest absolute Gasteiger partial charge is 0.324 e. The molecular weight excluding hydrogens is 594 g/mol. The molecule has 0 spiro atoms. The molecule has 2 aromatic rings. The summed E-state index contributed by atoms with van der Waals surface area (Å²) in [4.78, 5) is 26.0. The van der Waals surface area contributed by atoms with E-state index < -0.39 is 37.4 Å². The molecule has 3 rings (SSSR count). The Hall–Kier alpha value is -3.12. The van der Waals surface area contributed by atoms with Gasteiger partial charge in [0.05, 0.1) is 30.4 Å². The summed E-state index contributed by atoms with van der Waals surface area (Å²) in [6.07, 6.45) is 3.81. The van der Waals surface area contributed by atoms with Gasteiger partial charge in [0.25, 0.3) is 0 Å². The predicted octanol–water partition coefficient (Wildman–Crippen LogP) is 5.54. The van der Waals surface area contributed by atoms with Crippen molar-refractivity contribution >= 4 is 37.7 Å². The van der Waals surface area contributed by atoms with Gasteiger partial charge >= 0.3 is 11.9 Å². The number of carbonyl (C=O) groups is 2. The van der Waals surface area contributed by atoms with Gasteiger partial charge in [-0.3, -0.25) is 9.59 Å². The normalized spacial score (nSPS) is 14.1. The molecule has 0 unspecified atom stereocenters. The van der Waals surface area contributed by atoms with Gasteiger partial charge in [-0.25, -0.2) is 16.8 Å². The minimum Gasteiger partial charge on any atom is -0.465 e. The first-order chi connectivity index (χ1) is 20.5. The average Bonchev–Trinajstić information content (AvgIpc) is 3.37. The van der Waals surface area contributed by atoms with Crippen LogP contribution in [0.1, 0.15) is 77.3 Å². The largest absolute Gasteiger partial charge is 0.465 e. The number of unbranched alkanes of at least 4 members (excludes halogenated alkanes) is 4. The predicted molar refractivity (Wildman–Crippen MR) is 165 cm³/mol. The van der Waals surface area contributed by atoms with Crippen molar-refractivity contribution in [2.45, 2.75) is 79.1 Å². The Balaban J connectivity index is 1.92. The van der Waals surface area contributed by atoms with Crippen LogP contribution in [0.25, 0.3) is 0 Å². The average molecular weight is 638 g/mol. The van der Waals surface area contributed by atoms with E-state index in [9.17, 15) is 26.4 Å². The standard InChI is InChI=1S/C31H43NO9S2/c1-5-9-11-20-42(35,36)32(43(37,38)21-12-10-6-2)25-16-18-26(19-17-25)41-28-15-13-14-24-22-31(23-27(24)28,29(33)39-7-3)30(34)40-8-4/h13-19H,5-12,20-23H2,1-4H3. The third-order valence-electron chi connectivity index (χ3n) is 7.33. The lowest BCUT2D eigenvalue weighted by Crippen LogP contribution is -2.43. The second-order valence-electron chi connectivity index (χ2n) is 10.6. The zero-order valence-electron chi connectivity index (χ0n) is 25.5. The number of hydrogen-bond donors (Lipinski definition) is 0. The number of hydrogen-bond acceptors (Lipinski definition) is 9. The highest BCUT2D eigenvalue weighted by atomic mass is 32.3. The van der Waals surface area contributed by atoms with Crippen molar-refractivity contribution in [3.05, 3.63) is 53.6 Å². The monoisotopic (exact) mass is 637 g/mol. The number of ether oxygens (including phenoxy) is 3. The molecule has 0 bridgehead atoms. The fourth-order valence-corrected chi connectivity index (χ4v) is 9.35. The molecule has 0 radical (unpaired) electrons. The molecule has 0 aliphatic heterocycles. The van der Waals surface area contributed by atoms with Crippen LogP contribution in [0.5, 0.6) is 11.5 Å². The van der Waals surface area contributed by atoms with Gasteiger partial charge < -0.3 is 14.2 Å². The van der Waals surface area contributed by atoms with E-state index in [1.807, 2.05) is 19.9 Å². The minimum atomic E-state index is -4.14. The van der Waals surface area contributed by atoms with Crippen LogP contribution in [0, 0.1) is 5.41 Å². The van der Waals surface area contributed by atoms with Crippen LogP contribution in [0.15, 0.2) is 42.5 Å². The highest BCUT2D eigenvalue weighted by Crippen LogP contribution is 2.44. The lowest BCUT2D eigenvalue weighted by molar-refractivity contribution is -0.171. The van der Waals surface area contributed by atoms with E-state index in [0.717, 1.165) is 18.4 Å². The van der Waals surface area contributed by atoms with Gasteiger partial charge in [-0.2, -0.15) is 3.71 Å². The Bertz CT molecular complexity index is 1410. The number of sulfonamides is 2. The number of rotatable bonds is 17. The molecule has 0 amide bonds. The molecule has 1 aliphatic rings. The van der Waals surface area contributed by atoms with E-state index in [1.54, 1.807) is 26.0 Å². The first-order valence-corrected chi connectivity index (χ1v) is 18.2. The third-order valence-corrected chi connectivity index (χ3v) is 11.7. The van der Waals surface area contributed by atoms with Crippen LogP contribution < -0.4 is 8.45 Å². The Morgan fingerprint density at radius 1 is 0.744 bits per heavy atom. The maximum Gasteiger partial charge on any atom is 0.324 e. The van der Waals surface area contributed by atoms with Gasteiger partial charge in [0, 0.05) is 6.42 Å². The summed E-state index contributed by atoms with van der Waals surface area (Å²) in [6, 6.07) is 11.1. The Labute approximate surface area is 255 Å². The zero-order chi connectivity index (χ0) is 31.7. The number of nitrogens with zero attached hydrogens (tertiary/aromatic N) is 1. The topological polar surface area (TPSA) is 133 Å². The van der Waals surface area contributed by atoms with E-state index in [4.69, 9.17) is 14.2 Å². The van der Waals surface area contributed by atoms with E-state index in [1.165, 1.54) is 24.3 Å². The first kappa shape index (κ1) is 34.4. The SMILES string of the molecule is CCCCCS(=O)(=O)N(c1ccc(Oc2cccc3c2CC(C(=O)OCC)(C(=O)OCC)C3)cc1)S(=O)(=O)CCCCC. The maximum absolute atomic E-state index is 13.3. The molecule has 238 valence electrons. The highest BCUT2D eigenvalue weighted by Gasteiger charge is 2.53. The van der Waals surface area contributed by atoms with Crippen LogP contribution >= 0.6 is 0 Å². The van der Waals surface area contributed by atoms with Crippen molar-refractivity contribution in [2.75, 3.05) is 28.4 Å². The quantitative estimate of drug-likeness (QED) is 0.125. The fraction of sp³-hybridized carbons (Fsp3) is 0.548. The second-order valence-corrected chi connectivity index (χ2v) is 14.7. The molecule has 0 saturated heterocycles. The molecule has 0 heterocycles. The van der Waals surface area contributed by atoms with Gasteiger partial charge in [0.15, 0.2) is 5.41 Å². The second kappa shape index (κ2) is 15.1. The van der Waals surface area contributed by atoms with Crippen molar-refractivity contribution < 1.29 is 40.6 Å². The van der Waals surface area contributed by atoms with Crippen molar-refractivity contribution in [1.29, 1.82) is 0 Å². The van der Waals surface area contributed by atoms with Gasteiger partial charge in [-0.15, -0.1) is 0 Å². The first-order valence-electron chi connectivity index (χ1n) is 14.9. The summed E-state index contributed by atoms with van der Waals surface area (Å²) in [6.45, 7) is 7.47. The van der Waals surface area contributed by atoms with Crippen molar-refractivity contribution in [2.24, 2.45) is 5.41 Å². The molecule has 10 nitrogen and oxygen atoms in total. The van der Waals surface area contributed by atoms with Gasteiger partial charge in [0.1, 0.15) is 11.5 Å². The molecular formula is C31H43NO9S2. The summed E-state index contributed by atoms with van der Waals surface area (Å²) in [5.41, 5.74) is -0.0949. The minimum absolute atomic E-state index is 0.0160.